The van der Waals surface area contributed by atoms with Gasteiger partial charge in [-0.2, -0.15) is 0 Å². The third-order valence-corrected chi connectivity index (χ3v) is 7.03. The Labute approximate surface area is 192 Å². The van der Waals surface area contributed by atoms with Gasteiger partial charge in [-0.15, -0.1) is 10.2 Å². The highest BCUT2D eigenvalue weighted by molar-refractivity contribution is 8.00. The Hall–Kier alpha value is -2.84. The lowest BCUT2D eigenvalue weighted by Gasteiger charge is -2.28. The molecule has 8 heteroatoms. The van der Waals surface area contributed by atoms with E-state index >= 15 is 0 Å². The fourth-order valence-electron chi connectivity index (χ4n) is 4.26. The number of ether oxygens (including phenoxy) is 1. The maximum absolute atomic E-state index is 13.3. The predicted molar refractivity (Wildman–Crippen MR) is 126 cm³/mol. The second-order valence-corrected chi connectivity index (χ2v) is 9.39. The molecule has 1 aromatic heterocycles. The molecule has 2 aromatic carbocycles. The van der Waals surface area contributed by atoms with E-state index in [4.69, 9.17) is 4.74 Å². The van der Waals surface area contributed by atoms with Crippen LogP contribution in [0.25, 0.3) is 0 Å². The summed E-state index contributed by atoms with van der Waals surface area (Å²) >= 11 is 1.48. The summed E-state index contributed by atoms with van der Waals surface area (Å²) in [5.41, 5.74) is 3.45. The van der Waals surface area contributed by atoms with Gasteiger partial charge in [-0.05, 0) is 30.5 Å². The maximum atomic E-state index is 13.3. The van der Waals surface area contributed by atoms with Crippen LogP contribution in [0, 0.1) is 0 Å². The van der Waals surface area contributed by atoms with Gasteiger partial charge in [0.05, 0.1) is 25.0 Å². The normalized spacial score (nSPS) is 16.8. The van der Waals surface area contributed by atoms with Gasteiger partial charge in [0.15, 0.2) is 5.16 Å². The van der Waals surface area contributed by atoms with Gasteiger partial charge in [-0.1, -0.05) is 60.3 Å². The molecule has 2 aliphatic heterocycles. The lowest BCUT2D eigenvalue weighted by molar-refractivity contribution is -0.117. The summed E-state index contributed by atoms with van der Waals surface area (Å²) in [6.45, 7) is 6.31. The Morgan fingerprint density at radius 3 is 2.59 bits per heavy atom. The standard InChI is InChI=1S/C24H27N5O2S/c1-18(22(30)28-12-11-20-9-5-6-10-21(20)28)32-24-26-25-23(27-13-15-31-16-14-27)29(24)17-19-7-3-2-4-8-19/h2-10,18H,11-17H2,1H3. The van der Waals surface area contributed by atoms with Gasteiger partial charge in [-0.3, -0.25) is 9.36 Å². The first-order chi connectivity index (χ1) is 15.7. The summed E-state index contributed by atoms with van der Waals surface area (Å²) in [4.78, 5) is 17.4. The highest BCUT2D eigenvalue weighted by atomic mass is 32.2. The number of hydrogen-bond donors (Lipinski definition) is 0. The SMILES string of the molecule is CC(Sc1nnc(N2CCOCC2)n1Cc1ccccc1)C(=O)N1CCc2ccccc21. The minimum atomic E-state index is -0.266. The van der Waals surface area contributed by atoms with Crippen LogP contribution < -0.4 is 9.80 Å². The van der Waals surface area contributed by atoms with Crippen molar-refractivity contribution >= 4 is 29.3 Å². The molecule has 2 aliphatic rings. The summed E-state index contributed by atoms with van der Waals surface area (Å²) in [6, 6.07) is 18.5. The van der Waals surface area contributed by atoms with Crippen molar-refractivity contribution in [2.75, 3.05) is 42.6 Å². The van der Waals surface area contributed by atoms with Crippen LogP contribution in [0.15, 0.2) is 59.8 Å². The minimum Gasteiger partial charge on any atom is -0.378 e. The fraction of sp³-hybridized carbons (Fsp3) is 0.375. The first-order valence-corrected chi connectivity index (χ1v) is 11.9. The van der Waals surface area contributed by atoms with Gasteiger partial charge in [0.25, 0.3) is 0 Å². The van der Waals surface area contributed by atoms with E-state index in [1.807, 2.05) is 48.2 Å². The molecule has 7 nitrogen and oxygen atoms in total. The van der Waals surface area contributed by atoms with E-state index in [1.54, 1.807) is 0 Å². The third kappa shape index (κ3) is 4.25. The summed E-state index contributed by atoms with van der Waals surface area (Å²) < 4.78 is 7.65. The lowest BCUT2D eigenvalue weighted by atomic mass is 10.2. The number of carbonyl (C=O) groups is 1. The predicted octanol–water partition coefficient (Wildman–Crippen LogP) is 3.23. The Morgan fingerprint density at radius 1 is 1.03 bits per heavy atom. The Bertz CT molecular complexity index is 1080. The van der Waals surface area contributed by atoms with Crippen molar-refractivity contribution in [3.63, 3.8) is 0 Å². The molecule has 1 saturated heterocycles. The van der Waals surface area contributed by atoms with E-state index in [0.29, 0.717) is 19.8 Å². The molecule has 1 fully saturated rings. The van der Waals surface area contributed by atoms with Crippen LogP contribution in [-0.4, -0.2) is 58.8 Å². The van der Waals surface area contributed by atoms with Gasteiger partial charge in [-0.25, -0.2) is 0 Å². The van der Waals surface area contributed by atoms with Crippen molar-refractivity contribution in [1.29, 1.82) is 0 Å². The number of para-hydroxylation sites is 1. The van der Waals surface area contributed by atoms with Crippen molar-refractivity contribution in [3.05, 3.63) is 65.7 Å². The number of fused-ring (bicyclic) bond motifs is 1. The number of nitrogens with zero attached hydrogens (tertiary/aromatic N) is 5. The number of aromatic nitrogens is 3. The molecule has 166 valence electrons. The summed E-state index contributed by atoms with van der Waals surface area (Å²) in [7, 11) is 0. The number of benzene rings is 2. The van der Waals surface area contributed by atoms with E-state index in [9.17, 15) is 4.79 Å². The second-order valence-electron chi connectivity index (χ2n) is 8.08. The zero-order valence-corrected chi connectivity index (χ0v) is 19.0. The van der Waals surface area contributed by atoms with Crippen LogP contribution in [0.4, 0.5) is 11.6 Å². The van der Waals surface area contributed by atoms with E-state index in [0.717, 1.165) is 42.8 Å². The molecule has 5 rings (SSSR count). The number of carbonyl (C=O) groups excluding carboxylic acids is 1. The first-order valence-electron chi connectivity index (χ1n) is 11.1. The molecule has 1 unspecified atom stereocenters. The highest BCUT2D eigenvalue weighted by Crippen LogP contribution is 2.32. The van der Waals surface area contributed by atoms with E-state index in [1.165, 1.54) is 22.9 Å². The van der Waals surface area contributed by atoms with Gasteiger partial charge >= 0.3 is 0 Å². The van der Waals surface area contributed by atoms with Crippen molar-refractivity contribution in [2.24, 2.45) is 0 Å². The Morgan fingerprint density at radius 2 is 1.78 bits per heavy atom. The molecule has 0 aliphatic carbocycles. The highest BCUT2D eigenvalue weighted by Gasteiger charge is 2.30. The van der Waals surface area contributed by atoms with Crippen LogP contribution in [-0.2, 0) is 22.5 Å². The van der Waals surface area contributed by atoms with E-state index in [2.05, 4.69) is 37.9 Å². The number of rotatable bonds is 6. The molecule has 0 radical (unpaired) electrons. The second kappa shape index (κ2) is 9.34. The largest absolute Gasteiger partial charge is 0.378 e. The number of morpholine rings is 1. The first kappa shape index (κ1) is 21.0. The molecule has 0 bridgehead atoms. The van der Waals surface area contributed by atoms with Crippen LogP contribution >= 0.6 is 11.8 Å². The van der Waals surface area contributed by atoms with Crippen LogP contribution in [0.1, 0.15) is 18.1 Å². The van der Waals surface area contributed by atoms with Crippen molar-refractivity contribution in [3.8, 4) is 0 Å². The van der Waals surface area contributed by atoms with Crippen LogP contribution in [0.2, 0.25) is 0 Å². The van der Waals surface area contributed by atoms with Crippen LogP contribution in [0.5, 0.6) is 0 Å². The minimum absolute atomic E-state index is 0.113. The smallest absolute Gasteiger partial charge is 0.240 e. The number of hydrogen-bond acceptors (Lipinski definition) is 6. The van der Waals surface area contributed by atoms with Gasteiger partial charge in [0.2, 0.25) is 11.9 Å². The molecule has 0 N–H and O–H groups in total. The van der Waals surface area contributed by atoms with Crippen molar-refractivity contribution in [2.45, 2.75) is 30.3 Å². The average molecular weight is 450 g/mol. The van der Waals surface area contributed by atoms with Gasteiger partial charge < -0.3 is 14.5 Å². The Balaban J connectivity index is 1.39. The molecule has 32 heavy (non-hydrogen) atoms. The summed E-state index contributed by atoms with van der Waals surface area (Å²) in [5.74, 6) is 0.952. The Kier molecular flexibility index (Phi) is 6.14. The van der Waals surface area contributed by atoms with Crippen molar-refractivity contribution < 1.29 is 9.53 Å². The molecular formula is C24H27N5O2S. The quantitative estimate of drug-likeness (QED) is 0.539. The number of amides is 1. The maximum Gasteiger partial charge on any atom is 0.240 e. The van der Waals surface area contributed by atoms with Crippen molar-refractivity contribution in [1.82, 2.24) is 14.8 Å². The molecule has 3 heterocycles. The molecule has 1 amide bonds. The molecular weight excluding hydrogens is 422 g/mol. The van der Waals surface area contributed by atoms with E-state index in [-0.39, 0.29) is 11.2 Å². The molecule has 1 atom stereocenters. The zero-order chi connectivity index (χ0) is 21.9. The molecule has 0 spiro atoms. The van der Waals surface area contributed by atoms with Gasteiger partial charge in [0, 0.05) is 25.3 Å². The number of anilines is 2. The summed E-state index contributed by atoms with van der Waals surface area (Å²) in [6.07, 6.45) is 0.907. The third-order valence-electron chi connectivity index (χ3n) is 5.96. The average Bonchev–Trinajstić information content (AvgIpc) is 3.44. The zero-order valence-electron chi connectivity index (χ0n) is 18.2. The molecule has 3 aromatic rings. The van der Waals surface area contributed by atoms with E-state index < -0.39 is 0 Å². The topological polar surface area (TPSA) is 63.5 Å². The summed E-state index contributed by atoms with van der Waals surface area (Å²) in [5, 5.41) is 9.52. The monoisotopic (exact) mass is 449 g/mol. The lowest BCUT2D eigenvalue weighted by Crippen LogP contribution is -2.38. The number of thioether (sulfide) groups is 1. The van der Waals surface area contributed by atoms with Gasteiger partial charge in [0.1, 0.15) is 0 Å². The molecule has 0 saturated carbocycles. The fourth-order valence-corrected chi connectivity index (χ4v) is 5.17. The van der Waals surface area contributed by atoms with Crippen LogP contribution in [0.3, 0.4) is 0 Å².